The minimum atomic E-state index is -1.15. The van der Waals surface area contributed by atoms with Crippen molar-refractivity contribution in [3.8, 4) is 0 Å². The van der Waals surface area contributed by atoms with E-state index in [-0.39, 0.29) is 25.2 Å². The van der Waals surface area contributed by atoms with Gasteiger partial charge in [0.1, 0.15) is 0 Å². The van der Waals surface area contributed by atoms with Crippen molar-refractivity contribution in [1.82, 2.24) is 4.90 Å². The van der Waals surface area contributed by atoms with E-state index < -0.39 is 23.6 Å². The number of nitrogens with zero attached hydrogens (tertiary/aromatic N) is 1. The molecule has 0 radical (unpaired) electrons. The normalized spacial score (nSPS) is 10.1. The van der Waals surface area contributed by atoms with Gasteiger partial charge in [0.25, 0.3) is 0 Å². The summed E-state index contributed by atoms with van der Waals surface area (Å²) in [6, 6.07) is 2.75. The van der Waals surface area contributed by atoms with Gasteiger partial charge in [-0.3, -0.25) is 4.79 Å². The lowest BCUT2D eigenvalue weighted by Gasteiger charge is -2.20. The van der Waals surface area contributed by atoms with Crippen LogP contribution in [0.2, 0.25) is 0 Å². The van der Waals surface area contributed by atoms with Gasteiger partial charge in [-0.1, -0.05) is 6.07 Å². The number of hydrogen-bond donors (Lipinski definition) is 2. The van der Waals surface area contributed by atoms with E-state index in [9.17, 15) is 18.4 Å². The molecule has 19 heavy (non-hydrogen) atoms. The third-order valence-corrected chi connectivity index (χ3v) is 2.46. The Balaban J connectivity index is 2.71. The molecule has 2 amide bonds. The highest BCUT2D eigenvalue weighted by Gasteiger charge is 2.16. The first-order valence-corrected chi connectivity index (χ1v) is 5.67. The van der Waals surface area contributed by atoms with Crippen molar-refractivity contribution in [2.75, 3.05) is 18.4 Å². The largest absolute Gasteiger partial charge is 0.481 e. The Morgan fingerprint density at radius 3 is 2.63 bits per heavy atom. The van der Waals surface area contributed by atoms with E-state index in [1.54, 1.807) is 6.92 Å². The van der Waals surface area contributed by atoms with Gasteiger partial charge in [-0.15, -0.1) is 0 Å². The van der Waals surface area contributed by atoms with Crippen molar-refractivity contribution in [1.29, 1.82) is 0 Å². The Labute approximate surface area is 108 Å². The van der Waals surface area contributed by atoms with Crippen molar-refractivity contribution < 1.29 is 23.5 Å². The molecule has 0 aliphatic heterocycles. The number of carboxylic acid groups (broad SMARTS) is 1. The quantitative estimate of drug-likeness (QED) is 0.864. The summed E-state index contributed by atoms with van der Waals surface area (Å²) >= 11 is 0. The third kappa shape index (κ3) is 4.20. The average Bonchev–Trinajstić information content (AvgIpc) is 2.35. The molecule has 7 heteroatoms. The highest BCUT2D eigenvalue weighted by molar-refractivity contribution is 5.89. The molecule has 1 aromatic rings. The zero-order chi connectivity index (χ0) is 14.4. The SMILES string of the molecule is CCN(CCC(=O)O)C(=O)Nc1cccc(F)c1F. The molecular formula is C12H14F2N2O3. The number of anilines is 1. The maximum Gasteiger partial charge on any atom is 0.321 e. The van der Waals surface area contributed by atoms with Crippen molar-refractivity contribution in [2.24, 2.45) is 0 Å². The first kappa shape index (κ1) is 14.9. The van der Waals surface area contributed by atoms with Crippen LogP contribution in [0.1, 0.15) is 13.3 Å². The van der Waals surface area contributed by atoms with Crippen LogP contribution in [-0.4, -0.2) is 35.1 Å². The summed E-state index contributed by atoms with van der Waals surface area (Å²) in [6.07, 6.45) is -0.215. The molecule has 0 aromatic heterocycles. The van der Waals surface area contributed by atoms with Crippen LogP contribution in [0.4, 0.5) is 19.3 Å². The average molecular weight is 272 g/mol. The number of aliphatic carboxylic acids is 1. The van der Waals surface area contributed by atoms with Gasteiger partial charge < -0.3 is 15.3 Å². The minimum absolute atomic E-state index is 0.00536. The maximum atomic E-state index is 13.3. The molecule has 0 spiro atoms. The molecule has 1 aromatic carbocycles. The number of nitrogens with one attached hydrogen (secondary N) is 1. The van der Waals surface area contributed by atoms with Crippen LogP contribution in [0, 0.1) is 11.6 Å². The monoisotopic (exact) mass is 272 g/mol. The fraction of sp³-hybridized carbons (Fsp3) is 0.333. The van der Waals surface area contributed by atoms with Crippen molar-refractivity contribution >= 4 is 17.7 Å². The number of halogens is 2. The summed E-state index contributed by atoms with van der Waals surface area (Å²) in [5.41, 5.74) is -0.279. The van der Waals surface area contributed by atoms with Crippen molar-refractivity contribution in [3.05, 3.63) is 29.8 Å². The van der Waals surface area contributed by atoms with Gasteiger partial charge in [-0.05, 0) is 19.1 Å². The summed E-state index contributed by atoms with van der Waals surface area (Å²) in [7, 11) is 0. The van der Waals surface area contributed by atoms with Crippen LogP contribution in [0.15, 0.2) is 18.2 Å². The van der Waals surface area contributed by atoms with Gasteiger partial charge in [0.05, 0.1) is 12.1 Å². The van der Waals surface area contributed by atoms with Gasteiger partial charge in [-0.25, -0.2) is 13.6 Å². The molecule has 0 unspecified atom stereocenters. The molecule has 0 bridgehead atoms. The van der Waals surface area contributed by atoms with Crippen LogP contribution in [0.5, 0.6) is 0 Å². The van der Waals surface area contributed by atoms with Crippen LogP contribution >= 0.6 is 0 Å². The Morgan fingerprint density at radius 2 is 2.05 bits per heavy atom. The number of carboxylic acids is 1. The van der Waals surface area contributed by atoms with Gasteiger partial charge in [0.15, 0.2) is 11.6 Å². The Morgan fingerprint density at radius 1 is 1.37 bits per heavy atom. The summed E-state index contributed by atoms with van der Waals surface area (Å²) in [6.45, 7) is 1.91. The zero-order valence-electron chi connectivity index (χ0n) is 10.3. The maximum absolute atomic E-state index is 13.3. The minimum Gasteiger partial charge on any atom is -0.481 e. The molecule has 2 N–H and O–H groups in total. The van der Waals surface area contributed by atoms with Gasteiger partial charge in [0, 0.05) is 13.1 Å². The van der Waals surface area contributed by atoms with Crippen molar-refractivity contribution in [2.45, 2.75) is 13.3 Å². The first-order chi connectivity index (χ1) is 8.95. The van der Waals surface area contributed by atoms with E-state index in [1.165, 1.54) is 17.0 Å². The number of amides is 2. The molecule has 5 nitrogen and oxygen atoms in total. The van der Waals surface area contributed by atoms with Crippen molar-refractivity contribution in [3.63, 3.8) is 0 Å². The van der Waals surface area contributed by atoms with Crippen LogP contribution in [0.3, 0.4) is 0 Å². The Hall–Kier alpha value is -2.18. The lowest BCUT2D eigenvalue weighted by atomic mass is 10.3. The van der Waals surface area contributed by atoms with E-state index in [1.807, 2.05) is 0 Å². The molecule has 0 heterocycles. The molecule has 0 saturated carbocycles. The Bertz CT molecular complexity index is 480. The molecule has 1 rings (SSSR count). The first-order valence-electron chi connectivity index (χ1n) is 5.67. The molecule has 0 aliphatic rings. The standard InChI is InChI=1S/C12H14F2N2O3/c1-2-16(7-6-10(17)18)12(19)15-9-5-3-4-8(13)11(9)14/h3-5H,2,6-7H2,1H3,(H,15,19)(H,17,18). The number of hydrogen-bond acceptors (Lipinski definition) is 2. The lowest BCUT2D eigenvalue weighted by molar-refractivity contribution is -0.137. The second-order valence-corrected chi connectivity index (χ2v) is 3.75. The fourth-order valence-corrected chi connectivity index (χ4v) is 1.43. The fourth-order valence-electron chi connectivity index (χ4n) is 1.43. The molecule has 104 valence electrons. The zero-order valence-corrected chi connectivity index (χ0v) is 10.3. The number of urea groups is 1. The lowest BCUT2D eigenvalue weighted by Crippen LogP contribution is -2.36. The van der Waals surface area contributed by atoms with E-state index in [0.717, 1.165) is 6.07 Å². The predicted molar refractivity (Wildman–Crippen MR) is 64.9 cm³/mol. The van der Waals surface area contributed by atoms with Crippen LogP contribution < -0.4 is 5.32 Å². The number of rotatable bonds is 5. The Kier molecular flexibility index (Phi) is 5.23. The number of benzene rings is 1. The topological polar surface area (TPSA) is 69.6 Å². The summed E-state index contributed by atoms with van der Waals surface area (Å²) < 4.78 is 26.3. The number of carbonyl (C=O) groups is 2. The van der Waals surface area contributed by atoms with Crippen LogP contribution in [0.25, 0.3) is 0 Å². The van der Waals surface area contributed by atoms with Crippen LogP contribution in [-0.2, 0) is 4.79 Å². The molecule has 0 saturated heterocycles. The number of carbonyl (C=O) groups excluding carboxylic acids is 1. The second kappa shape index (κ2) is 6.67. The van der Waals surface area contributed by atoms with Gasteiger partial charge in [0.2, 0.25) is 0 Å². The molecular weight excluding hydrogens is 258 g/mol. The highest BCUT2D eigenvalue weighted by atomic mass is 19.2. The van der Waals surface area contributed by atoms with E-state index >= 15 is 0 Å². The smallest absolute Gasteiger partial charge is 0.321 e. The van der Waals surface area contributed by atoms with Gasteiger partial charge in [-0.2, -0.15) is 0 Å². The summed E-state index contributed by atoms with van der Waals surface area (Å²) in [5, 5.41) is 10.7. The van der Waals surface area contributed by atoms with Gasteiger partial charge >= 0.3 is 12.0 Å². The highest BCUT2D eigenvalue weighted by Crippen LogP contribution is 2.17. The second-order valence-electron chi connectivity index (χ2n) is 3.75. The molecule has 0 aliphatic carbocycles. The van der Waals surface area contributed by atoms with E-state index in [4.69, 9.17) is 5.11 Å². The van der Waals surface area contributed by atoms with E-state index in [0.29, 0.717) is 0 Å². The van der Waals surface area contributed by atoms with E-state index in [2.05, 4.69) is 5.32 Å². The predicted octanol–water partition coefficient (Wildman–Crippen LogP) is 2.29. The molecule has 0 fully saturated rings. The third-order valence-electron chi connectivity index (χ3n) is 2.46. The summed E-state index contributed by atoms with van der Waals surface area (Å²) in [5.74, 6) is -3.25. The summed E-state index contributed by atoms with van der Waals surface area (Å²) in [4.78, 5) is 23.4. The molecule has 0 atom stereocenters.